The molecule has 0 aliphatic rings. The van der Waals surface area contributed by atoms with Crippen molar-refractivity contribution in [3.05, 3.63) is 231 Å². The SMILES string of the molecule is C=C/C=C(\C=C/C)n1c2ccc(-c3ccc(-n4c5ccc(-c6ccccc6)cc5c5cc(-c6ccccc6)ccc54)cc3)cc2c2c(-c3ccccc3)nc(-c3ccccc3)nc21. The number of allylic oxidation sites excluding steroid dienone is 5. The molecular weight excluding hydrogens is 765 g/mol. The van der Waals surface area contributed by atoms with E-state index in [9.17, 15) is 0 Å². The van der Waals surface area contributed by atoms with Gasteiger partial charge in [-0.25, -0.2) is 9.97 Å². The summed E-state index contributed by atoms with van der Waals surface area (Å²) in [5.74, 6) is 0.679. The van der Waals surface area contributed by atoms with Crippen molar-refractivity contribution in [2.75, 3.05) is 0 Å². The molecule has 0 aliphatic heterocycles. The highest BCUT2D eigenvalue weighted by Gasteiger charge is 2.22. The normalized spacial score (nSPS) is 12.0. The fourth-order valence-corrected chi connectivity index (χ4v) is 9.09. The summed E-state index contributed by atoms with van der Waals surface area (Å²) in [4.78, 5) is 10.6. The van der Waals surface area contributed by atoms with E-state index in [-0.39, 0.29) is 0 Å². The second-order valence-corrected chi connectivity index (χ2v) is 15.8. The third-order valence-electron chi connectivity index (χ3n) is 12.0. The van der Waals surface area contributed by atoms with Gasteiger partial charge in [0.05, 0.1) is 27.6 Å². The van der Waals surface area contributed by atoms with Crippen LogP contribution in [0.15, 0.2) is 231 Å². The van der Waals surface area contributed by atoms with E-state index < -0.39 is 0 Å². The van der Waals surface area contributed by atoms with Crippen molar-refractivity contribution < 1.29 is 0 Å². The molecule has 0 radical (unpaired) electrons. The van der Waals surface area contributed by atoms with Gasteiger partial charge in [-0.1, -0.05) is 170 Å². The molecule has 11 aromatic rings. The lowest BCUT2D eigenvalue weighted by Crippen LogP contribution is -2.00. The van der Waals surface area contributed by atoms with Crippen LogP contribution < -0.4 is 0 Å². The number of hydrogen-bond acceptors (Lipinski definition) is 2. The Morgan fingerprint density at radius 1 is 0.460 bits per heavy atom. The minimum atomic E-state index is 0.679. The lowest BCUT2D eigenvalue weighted by Gasteiger charge is -2.11. The molecule has 0 amide bonds. The van der Waals surface area contributed by atoms with E-state index >= 15 is 0 Å². The molecule has 11 rings (SSSR count). The fraction of sp³-hybridized carbons (Fsp3) is 0.0169. The Hall–Kier alpha value is -8.34. The van der Waals surface area contributed by atoms with E-state index in [2.05, 4.69) is 204 Å². The van der Waals surface area contributed by atoms with Gasteiger partial charge in [0.1, 0.15) is 5.65 Å². The van der Waals surface area contributed by atoms with Crippen LogP contribution in [0.25, 0.3) is 111 Å². The Balaban J connectivity index is 1.09. The molecule has 8 aromatic carbocycles. The van der Waals surface area contributed by atoms with Crippen LogP contribution in [0.4, 0.5) is 0 Å². The quantitative estimate of drug-likeness (QED) is 0.136. The van der Waals surface area contributed by atoms with Crippen LogP contribution in [0.1, 0.15) is 6.92 Å². The van der Waals surface area contributed by atoms with Gasteiger partial charge in [-0.05, 0) is 101 Å². The van der Waals surface area contributed by atoms with Gasteiger partial charge in [0.25, 0.3) is 0 Å². The summed E-state index contributed by atoms with van der Waals surface area (Å²) in [6, 6.07) is 71.4. The van der Waals surface area contributed by atoms with Crippen LogP contribution in [0, 0.1) is 0 Å². The first-order chi connectivity index (χ1) is 31.2. The van der Waals surface area contributed by atoms with Gasteiger partial charge in [-0.15, -0.1) is 0 Å². The number of rotatable bonds is 9. The molecule has 0 aliphatic carbocycles. The van der Waals surface area contributed by atoms with E-state index in [4.69, 9.17) is 9.97 Å². The van der Waals surface area contributed by atoms with E-state index in [1.165, 1.54) is 44.1 Å². The summed E-state index contributed by atoms with van der Waals surface area (Å²) >= 11 is 0. The Kier molecular flexibility index (Phi) is 9.52. The zero-order valence-electron chi connectivity index (χ0n) is 34.9. The molecule has 0 atom stereocenters. The Bertz CT molecular complexity index is 3440. The van der Waals surface area contributed by atoms with Crippen molar-refractivity contribution >= 4 is 49.4 Å². The number of hydrogen-bond donors (Lipinski definition) is 0. The molecule has 0 saturated carbocycles. The highest BCUT2D eigenvalue weighted by atomic mass is 15.1. The third kappa shape index (κ3) is 6.66. The number of nitrogens with zero attached hydrogens (tertiary/aromatic N) is 4. The first kappa shape index (κ1) is 37.6. The average Bonchev–Trinajstić information content (AvgIpc) is 3.86. The molecule has 3 heterocycles. The Morgan fingerprint density at radius 2 is 0.921 bits per heavy atom. The standard InChI is InChI=1S/C59H42N4/c1-3-17-48(18-4-2)63-55-36-31-47(39-52(55)56-57(43-23-13-7-14-24-43)60-58(61-59(56)63)44-25-15-8-16-26-44)42-27-32-49(33-28-42)62-53-34-29-45(40-19-9-5-10-20-40)37-50(53)51-38-46(30-35-54(51)62)41-21-11-6-12-22-41/h3-39H,1H2,2H3/b18-4-,48-17+. The summed E-state index contributed by atoms with van der Waals surface area (Å²) in [6.07, 6.45) is 8.04. The van der Waals surface area contributed by atoms with Crippen LogP contribution in [-0.4, -0.2) is 19.1 Å². The topological polar surface area (TPSA) is 35.6 Å². The maximum atomic E-state index is 5.33. The lowest BCUT2D eigenvalue weighted by molar-refractivity contribution is 1.14. The van der Waals surface area contributed by atoms with E-state index in [0.29, 0.717) is 5.82 Å². The van der Waals surface area contributed by atoms with E-state index in [1.54, 1.807) is 0 Å². The fourth-order valence-electron chi connectivity index (χ4n) is 9.09. The number of fused-ring (bicyclic) bond motifs is 6. The van der Waals surface area contributed by atoms with Gasteiger partial charge in [-0.2, -0.15) is 0 Å². The van der Waals surface area contributed by atoms with Crippen LogP contribution in [0.2, 0.25) is 0 Å². The van der Waals surface area contributed by atoms with Crippen molar-refractivity contribution in [1.29, 1.82) is 0 Å². The lowest BCUT2D eigenvalue weighted by atomic mass is 10.0. The maximum absolute atomic E-state index is 5.33. The number of benzene rings is 8. The molecule has 0 N–H and O–H groups in total. The van der Waals surface area contributed by atoms with Crippen molar-refractivity contribution in [2.24, 2.45) is 0 Å². The smallest absolute Gasteiger partial charge is 0.162 e. The first-order valence-electron chi connectivity index (χ1n) is 21.4. The van der Waals surface area contributed by atoms with Gasteiger partial charge in [0.2, 0.25) is 0 Å². The molecule has 0 unspecified atom stereocenters. The minimum Gasteiger partial charge on any atom is -0.309 e. The highest BCUT2D eigenvalue weighted by molar-refractivity contribution is 6.16. The van der Waals surface area contributed by atoms with Crippen LogP contribution in [0.3, 0.4) is 0 Å². The predicted octanol–water partition coefficient (Wildman–Crippen LogP) is 15.6. The summed E-state index contributed by atoms with van der Waals surface area (Å²) in [6.45, 7) is 6.11. The summed E-state index contributed by atoms with van der Waals surface area (Å²) < 4.78 is 4.64. The van der Waals surface area contributed by atoms with Gasteiger partial charge in [0, 0.05) is 38.7 Å². The Morgan fingerprint density at radius 3 is 1.44 bits per heavy atom. The molecule has 0 spiro atoms. The van der Waals surface area contributed by atoms with E-state index in [1.807, 2.05) is 43.3 Å². The van der Waals surface area contributed by atoms with Gasteiger partial charge in [0.15, 0.2) is 5.82 Å². The third-order valence-corrected chi connectivity index (χ3v) is 12.0. The van der Waals surface area contributed by atoms with Gasteiger partial charge >= 0.3 is 0 Å². The maximum Gasteiger partial charge on any atom is 0.162 e. The largest absolute Gasteiger partial charge is 0.309 e. The van der Waals surface area contributed by atoms with Gasteiger partial charge < -0.3 is 4.57 Å². The van der Waals surface area contributed by atoms with Crippen molar-refractivity contribution in [2.45, 2.75) is 6.92 Å². The van der Waals surface area contributed by atoms with Crippen LogP contribution in [-0.2, 0) is 0 Å². The molecule has 3 aromatic heterocycles. The van der Waals surface area contributed by atoms with Crippen LogP contribution >= 0.6 is 0 Å². The highest BCUT2D eigenvalue weighted by Crippen LogP contribution is 2.41. The molecule has 0 bridgehead atoms. The molecule has 4 nitrogen and oxygen atoms in total. The summed E-state index contributed by atoms with van der Waals surface area (Å²) in [5, 5.41) is 4.54. The van der Waals surface area contributed by atoms with Crippen molar-refractivity contribution in [3.8, 4) is 61.7 Å². The van der Waals surface area contributed by atoms with Gasteiger partial charge in [-0.3, -0.25) is 4.57 Å². The van der Waals surface area contributed by atoms with E-state index in [0.717, 1.165) is 61.3 Å². The molecule has 0 fully saturated rings. The molecule has 4 heteroatoms. The number of aromatic nitrogens is 4. The molecule has 63 heavy (non-hydrogen) atoms. The predicted molar refractivity (Wildman–Crippen MR) is 266 cm³/mol. The zero-order chi connectivity index (χ0) is 42.3. The van der Waals surface area contributed by atoms with Crippen molar-refractivity contribution in [3.63, 3.8) is 0 Å². The molecule has 0 saturated heterocycles. The molecule has 298 valence electrons. The van der Waals surface area contributed by atoms with Crippen molar-refractivity contribution in [1.82, 2.24) is 19.1 Å². The first-order valence-corrected chi connectivity index (χ1v) is 21.4. The zero-order valence-corrected chi connectivity index (χ0v) is 34.9. The minimum absolute atomic E-state index is 0.679. The van der Waals surface area contributed by atoms with Crippen LogP contribution in [0.5, 0.6) is 0 Å². The molecular formula is C59H42N4. The second kappa shape index (κ2) is 15.9. The monoisotopic (exact) mass is 806 g/mol. The summed E-state index contributed by atoms with van der Waals surface area (Å²) in [5.41, 5.74) is 16.3. The Labute approximate surface area is 366 Å². The second-order valence-electron chi connectivity index (χ2n) is 15.8. The summed E-state index contributed by atoms with van der Waals surface area (Å²) in [7, 11) is 0. The average molecular weight is 807 g/mol.